The Hall–Kier alpha value is -2.65. The maximum Gasteiger partial charge on any atom is 0.247 e. The normalized spacial score (nSPS) is 28.7. The SMILES string of the molecule is CC[C@H](NC)C(=O)N[C@H]1CCO[C@H]2CC(C)(C)[C@@H](C(=O)N[C@@H]3CCOc4ccccc43)N2C1=O. The molecule has 0 unspecified atom stereocenters. The van der Waals surface area contributed by atoms with Gasteiger partial charge in [-0.25, -0.2) is 0 Å². The summed E-state index contributed by atoms with van der Waals surface area (Å²) in [5.74, 6) is 0.0781. The molecular weight excluding hydrogens is 436 g/mol. The van der Waals surface area contributed by atoms with Gasteiger partial charge in [-0.05, 0) is 31.4 Å². The average Bonchev–Trinajstić information content (AvgIpc) is 3.00. The van der Waals surface area contributed by atoms with Gasteiger partial charge in [0.2, 0.25) is 17.7 Å². The van der Waals surface area contributed by atoms with Crippen molar-refractivity contribution in [3.8, 4) is 5.75 Å². The molecule has 3 aliphatic heterocycles. The van der Waals surface area contributed by atoms with Gasteiger partial charge < -0.3 is 30.3 Å². The summed E-state index contributed by atoms with van der Waals surface area (Å²) in [5, 5.41) is 9.03. The first-order valence-corrected chi connectivity index (χ1v) is 12.2. The van der Waals surface area contributed by atoms with Gasteiger partial charge in [-0.1, -0.05) is 39.0 Å². The lowest BCUT2D eigenvalue weighted by Gasteiger charge is -2.35. The van der Waals surface area contributed by atoms with Crippen molar-refractivity contribution in [3.05, 3.63) is 29.8 Å². The van der Waals surface area contributed by atoms with E-state index in [1.807, 2.05) is 45.0 Å². The van der Waals surface area contributed by atoms with Gasteiger partial charge in [0.25, 0.3) is 0 Å². The van der Waals surface area contributed by atoms with Crippen LogP contribution in [0.25, 0.3) is 0 Å². The highest BCUT2D eigenvalue weighted by Crippen LogP contribution is 2.43. The van der Waals surface area contributed by atoms with Gasteiger partial charge in [0.05, 0.1) is 25.3 Å². The lowest BCUT2D eigenvalue weighted by Crippen LogP contribution is -2.58. The summed E-state index contributed by atoms with van der Waals surface area (Å²) >= 11 is 0. The van der Waals surface area contributed by atoms with Crippen molar-refractivity contribution < 1.29 is 23.9 Å². The molecule has 3 amide bonds. The Kier molecular flexibility index (Phi) is 7.14. The molecule has 3 aliphatic rings. The van der Waals surface area contributed by atoms with Crippen molar-refractivity contribution in [2.24, 2.45) is 5.41 Å². The largest absolute Gasteiger partial charge is 0.493 e. The highest BCUT2D eigenvalue weighted by molar-refractivity contribution is 5.94. The van der Waals surface area contributed by atoms with Crippen LogP contribution in [-0.4, -0.2) is 67.2 Å². The number of hydrogen-bond donors (Lipinski definition) is 3. The molecule has 5 atom stereocenters. The molecule has 34 heavy (non-hydrogen) atoms. The first-order valence-electron chi connectivity index (χ1n) is 12.2. The second-order valence-corrected chi connectivity index (χ2v) is 10.0. The maximum atomic E-state index is 13.7. The number of benzene rings is 1. The summed E-state index contributed by atoms with van der Waals surface area (Å²) in [7, 11) is 1.72. The zero-order valence-electron chi connectivity index (χ0n) is 20.4. The Balaban J connectivity index is 1.55. The zero-order chi connectivity index (χ0) is 24.5. The Labute approximate surface area is 200 Å². The van der Waals surface area contributed by atoms with Crippen LogP contribution in [0.5, 0.6) is 5.75 Å². The first-order chi connectivity index (χ1) is 16.3. The number of ether oxygens (including phenoxy) is 2. The van der Waals surface area contributed by atoms with E-state index in [2.05, 4.69) is 16.0 Å². The second-order valence-electron chi connectivity index (χ2n) is 10.0. The number of fused-ring (bicyclic) bond motifs is 2. The number of rotatable bonds is 6. The third kappa shape index (κ3) is 4.63. The molecule has 9 nitrogen and oxygen atoms in total. The van der Waals surface area contributed by atoms with Gasteiger partial charge >= 0.3 is 0 Å². The summed E-state index contributed by atoms with van der Waals surface area (Å²) < 4.78 is 11.8. The van der Waals surface area contributed by atoms with E-state index in [-0.39, 0.29) is 29.8 Å². The molecule has 186 valence electrons. The molecule has 0 aromatic heterocycles. The smallest absolute Gasteiger partial charge is 0.247 e. The molecule has 1 aromatic rings. The average molecular weight is 473 g/mol. The number of carbonyl (C=O) groups is 3. The predicted molar refractivity (Wildman–Crippen MR) is 126 cm³/mol. The monoisotopic (exact) mass is 472 g/mol. The fourth-order valence-corrected chi connectivity index (χ4v) is 5.39. The molecule has 1 aromatic carbocycles. The van der Waals surface area contributed by atoms with Crippen molar-refractivity contribution in [3.63, 3.8) is 0 Å². The van der Waals surface area contributed by atoms with E-state index in [0.29, 0.717) is 38.9 Å². The van der Waals surface area contributed by atoms with Crippen molar-refractivity contribution in [1.82, 2.24) is 20.9 Å². The zero-order valence-corrected chi connectivity index (χ0v) is 20.4. The summed E-state index contributed by atoms with van der Waals surface area (Å²) in [6.07, 6.45) is 1.70. The molecule has 2 fully saturated rings. The molecule has 2 saturated heterocycles. The van der Waals surface area contributed by atoms with E-state index in [1.165, 1.54) is 0 Å². The number of para-hydroxylation sites is 1. The lowest BCUT2D eigenvalue weighted by molar-refractivity contribution is -0.150. The van der Waals surface area contributed by atoms with Crippen molar-refractivity contribution in [2.75, 3.05) is 20.3 Å². The Bertz CT molecular complexity index is 932. The molecule has 0 saturated carbocycles. The van der Waals surface area contributed by atoms with Gasteiger partial charge in [-0.2, -0.15) is 0 Å². The summed E-state index contributed by atoms with van der Waals surface area (Å²) in [4.78, 5) is 41.6. The topological polar surface area (TPSA) is 109 Å². The van der Waals surface area contributed by atoms with Crippen LogP contribution in [0.1, 0.15) is 58.1 Å². The quantitative estimate of drug-likeness (QED) is 0.579. The first kappa shape index (κ1) is 24.5. The van der Waals surface area contributed by atoms with E-state index in [9.17, 15) is 14.4 Å². The van der Waals surface area contributed by atoms with E-state index in [0.717, 1.165) is 11.3 Å². The maximum absolute atomic E-state index is 13.7. The highest BCUT2D eigenvalue weighted by Gasteiger charge is 2.55. The second kappa shape index (κ2) is 9.92. The highest BCUT2D eigenvalue weighted by atomic mass is 16.5. The van der Waals surface area contributed by atoms with Gasteiger partial charge in [0.15, 0.2) is 0 Å². The number of carbonyl (C=O) groups excluding carboxylic acids is 3. The van der Waals surface area contributed by atoms with Gasteiger partial charge in [0, 0.05) is 18.4 Å². The third-order valence-corrected chi connectivity index (χ3v) is 7.21. The summed E-state index contributed by atoms with van der Waals surface area (Å²) in [6, 6.07) is 5.69. The van der Waals surface area contributed by atoms with Gasteiger partial charge in [-0.3, -0.25) is 14.4 Å². The fourth-order valence-electron chi connectivity index (χ4n) is 5.39. The van der Waals surface area contributed by atoms with E-state index in [1.54, 1.807) is 11.9 Å². The van der Waals surface area contributed by atoms with Crippen LogP contribution in [0.3, 0.4) is 0 Å². The molecule has 3 N–H and O–H groups in total. The molecule has 0 bridgehead atoms. The number of nitrogens with zero attached hydrogens (tertiary/aromatic N) is 1. The van der Waals surface area contributed by atoms with Crippen molar-refractivity contribution >= 4 is 17.7 Å². The van der Waals surface area contributed by atoms with Crippen LogP contribution < -0.4 is 20.7 Å². The number of likely N-dealkylation sites (N-methyl/N-ethyl adjacent to an activating group) is 1. The van der Waals surface area contributed by atoms with Crippen LogP contribution in [0, 0.1) is 5.41 Å². The van der Waals surface area contributed by atoms with Crippen LogP contribution in [0.4, 0.5) is 0 Å². The Morgan fingerprint density at radius 3 is 2.62 bits per heavy atom. The van der Waals surface area contributed by atoms with Crippen LogP contribution in [-0.2, 0) is 19.1 Å². The van der Waals surface area contributed by atoms with Crippen molar-refractivity contribution in [2.45, 2.75) is 76.8 Å². The summed E-state index contributed by atoms with van der Waals surface area (Å²) in [6.45, 7) is 6.74. The van der Waals surface area contributed by atoms with Gasteiger partial charge in [0.1, 0.15) is 24.1 Å². The van der Waals surface area contributed by atoms with E-state index in [4.69, 9.17) is 9.47 Å². The molecule has 3 heterocycles. The van der Waals surface area contributed by atoms with E-state index >= 15 is 0 Å². The Morgan fingerprint density at radius 2 is 1.88 bits per heavy atom. The molecule has 0 aliphatic carbocycles. The Morgan fingerprint density at radius 1 is 1.15 bits per heavy atom. The predicted octanol–water partition coefficient (Wildman–Crippen LogP) is 1.48. The van der Waals surface area contributed by atoms with Gasteiger partial charge in [-0.15, -0.1) is 0 Å². The minimum atomic E-state index is -0.729. The third-order valence-electron chi connectivity index (χ3n) is 7.21. The van der Waals surface area contributed by atoms with Crippen LogP contribution in [0.2, 0.25) is 0 Å². The van der Waals surface area contributed by atoms with Crippen LogP contribution >= 0.6 is 0 Å². The molecule has 9 heteroatoms. The molecule has 4 rings (SSSR count). The minimum Gasteiger partial charge on any atom is -0.493 e. The standard InChI is InChI=1S/C25H36N4O5/c1-5-16(26-4)22(30)28-18-11-13-34-20-14-25(2,3)21(29(20)24(18)32)23(31)27-17-10-12-33-19-9-7-6-8-15(17)19/h6-9,16-18,20-21,26H,5,10-14H2,1-4H3,(H,27,31)(H,28,30)/t16-,17+,18-,20-,21+/m0/s1. The molecule has 0 spiro atoms. The minimum absolute atomic E-state index is 0.188. The number of amides is 3. The summed E-state index contributed by atoms with van der Waals surface area (Å²) in [5.41, 5.74) is 0.452. The molecule has 0 radical (unpaired) electrons. The fraction of sp³-hybridized carbons (Fsp3) is 0.640. The van der Waals surface area contributed by atoms with Crippen molar-refractivity contribution in [1.29, 1.82) is 0 Å². The lowest BCUT2D eigenvalue weighted by atomic mass is 9.83. The number of nitrogens with one attached hydrogen (secondary N) is 3. The number of hydrogen-bond acceptors (Lipinski definition) is 6. The molecular formula is C25H36N4O5. The van der Waals surface area contributed by atoms with Crippen LogP contribution in [0.15, 0.2) is 24.3 Å². The van der Waals surface area contributed by atoms with E-state index < -0.39 is 23.7 Å².